The highest BCUT2D eigenvalue weighted by molar-refractivity contribution is 8.19. The Labute approximate surface area is 159 Å². The molecule has 6 heteroatoms. The molecule has 134 valence electrons. The van der Waals surface area contributed by atoms with Gasteiger partial charge in [0.15, 0.2) is 0 Å². The van der Waals surface area contributed by atoms with Crippen LogP contribution in [-0.4, -0.2) is 19.9 Å². The van der Waals surface area contributed by atoms with Crippen molar-refractivity contribution in [3.8, 4) is 0 Å². The fourth-order valence-electron chi connectivity index (χ4n) is 2.65. The largest absolute Gasteiger partial charge is 0.280 e. The van der Waals surface area contributed by atoms with E-state index in [4.69, 9.17) is 0 Å². The summed E-state index contributed by atoms with van der Waals surface area (Å²) in [6, 6.07) is 14.8. The normalized spacial score (nSPS) is 16.1. The fourth-order valence-corrected chi connectivity index (χ4v) is 6.54. The predicted octanol–water partition coefficient (Wildman–Crippen LogP) is 5.26. The van der Waals surface area contributed by atoms with Crippen LogP contribution in [-0.2, 0) is 15.4 Å². The number of benzene rings is 2. The molecule has 1 fully saturated rings. The Bertz CT molecular complexity index is 834. The third kappa shape index (κ3) is 4.54. The first kappa shape index (κ1) is 18.7. The summed E-state index contributed by atoms with van der Waals surface area (Å²) in [5, 5.41) is 0. The Morgan fingerprint density at radius 3 is 2.24 bits per heavy atom. The summed E-state index contributed by atoms with van der Waals surface area (Å²) in [6.45, 7) is 6.33. The van der Waals surface area contributed by atoms with Gasteiger partial charge in [0.05, 0.1) is 9.48 Å². The molecule has 1 saturated heterocycles. The van der Waals surface area contributed by atoms with Crippen LogP contribution in [0.3, 0.4) is 0 Å². The van der Waals surface area contributed by atoms with Gasteiger partial charge in [-0.2, -0.15) is 0 Å². The molecule has 0 saturated carbocycles. The van der Waals surface area contributed by atoms with Crippen LogP contribution in [0, 0.1) is 0 Å². The number of anilines is 1. The SMILES string of the molecule is CC(C)(C)c1ccc(S(=O)(=O)Nc2cccc(C3SCCS3)c2)cc1. The van der Waals surface area contributed by atoms with Crippen LogP contribution in [0.1, 0.15) is 36.5 Å². The molecule has 1 aliphatic heterocycles. The average molecular weight is 394 g/mol. The van der Waals surface area contributed by atoms with Gasteiger partial charge in [-0.1, -0.05) is 45.0 Å². The molecule has 2 aromatic rings. The van der Waals surface area contributed by atoms with E-state index in [0.29, 0.717) is 10.3 Å². The highest BCUT2D eigenvalue weighted by atomic mass is 32.2. The number of thioether (sulfide) groups is 2. The minimum Gasteiger partial charge on any atom is -0.280 e. The lowest BCUT2D eigenvalue weighted by Crippen LogP contribution is -2.15. The zero-order valence-corrected chi connectivity index (χ0v) is 17.1. The highest BCUT2D eigenvalue weighted by Crippen LogP contribution is 2.45. The highest BCUT2D eigenvalue weighted by Gasteiger charge is 2.20. The van der Waals surface area contributed by atoms with Crippen LogP contribution in [0.2, 0.25) is 0 Å². The molecule has 0 bridgehead atoms. The van der Waals surface area contributed by atoms with Crippen molar-refractivity contribution in [3.63, 3.8) is 0 Å². The number of nitrogens with one attached hydrogen (secondary N) is 1. The Kier molecular flexibility index (Phi) is 5.42. The van der Waals surface area contributed by atoms with Gasteiger partial charge in [-0.25, -0.2) is 8.42 Å². The second-order valence-corrected chi connectivity index (χ2v) is 11.5. The van der Waals surface area contributed by atoms with E-state index in [2.05, 4.69) is 31.6 Å². The van der Waals surface area contributed by atoms with Crippen molar-refractivity contribution in [3.05, 3.63) is 59.7 Å². The molecule has 3 rings (SSSR count). The number of rotatable bonds is 4. The van der Waals surface area contributed by atoms with Gasteiger partial charge in [-0.3, -0.25) is 4.72 Å². The lowest BCUT2D eigenvalue weighted by molar-refractivity contribution is 0.587. The third-order valence-electron chi connectivity index (χ3n) is 4.06. The van der Waals surface area contributed by atoms with E-state index in [1.165, 1.54) is 0 Å². The molecule has 1 heterocycles. The van der Waals surface area contributed by atoms with Crippen molar-refractivity contribution in [1.82, 2.24) is 0 Å². The topological polar surface area (TPSA) is 46.2 Å². The number of sulfonamides is 1. The van der Waals surface area contributed by atoms with E-state index in [9.17, 15) is 8.42 Å². The Morgan fingerprint density at radius 2 is 1.64 bits per heavy atom. The molecule has 0 radical (unpaired) electrons. The van der Waals surface area contributed by atoms with Crippen molar-refractivity contribution in [2.24, 2.45) is 0 Å². The summed E-state index contributed by atoms with van der Waals surface area (Å²) in [6.07, 6.45) is 0. The molecular weight excluding hydrogens is 370 g/mol. The minimum absolute atomic E-state index is 0.000662. The molecule has 0 atom stereocenters. The molecule has 2 aromatic carbocycles. The zero-order chi connectivity index (χ0) is 18.1. The van der Waals surface area contributed by atoms with Crippen LogP contribution in [0.5, 0.6) is 0 Å². The smallest absolute Gasteiger partial charge is 0.261 e. The molecular formula is C19H23NO2S3. The van der Waals surface area contributed by atoms with Crippen LogP contribution in [0.4, 0.5) is 5.69 Å². The van der Waals surface area contributed by atoms with Gasteiger partial charge in [0, 0.05) is 17.2 Å². The van der Waals surface area contributed by atoms with Crippen LogP contribution >= 0.6 is 23.5 Å². The first-order valence-electron chi connectivity index (χ1n) is 8.22. The maximum Gasteiger partial charge on any atom is 0.261 e. The second kappa shape index (κ2) is 7.25. The third-order valence-corrected chi connectivity index (χ3v) is 8.57. The Hall–Kier alpha value is -1.11. The summed E-state index contributed by atoms with van der Waals surface area (Å²) >= 11 is 3.82. The van der Waals surface area contributed by atoms with E-state index < -0.39 is 10.0 Å². The molecule has 3 nitrogen and oxygen atoms in total. The van der Waals surface area contributed by atoms with Crippen LogP contribution < -0.4 is 4.72 Å². The number of hydrogen-bond donors (Lipinski definition) is 1. The minimum atomic E-state index is -3.58. The standard InChI is InChI=1S/C19H23NO2S3/c1-19(2,3)15-7-9-17(10-8-15)25(21,22)20-16-6-4-5-14(13-16)18-23-11-12-24-18/h4-10,13,18,20H,11-12H2,1-3H3. The summed E-state index contributed by atoms with van der Waals surface area (Å²) in [7, 11) is -3.58. The molecule has 0 aliphatic carbocycles. The van der Waals surface area contributed by atoms with Crippen molar-refractivity contribution in [2.45, 2.75) is 35.7 Å². The lowest BCUT2D eigenvalue weighted by atomic mass is 9.87. The van der Waals surface area contributed by atoms with Crippen molar-refractivity contribution >= 4 is 39.2 Å². The average Bonchev–Trinajstić information content (AvgIpc) is 3.08. The first-order valence-corrected chi connectivity index (χ1v) is 11.8. The molecule has 1 N–H and O–H groups in total. The van der Waals surface area contributed by atoms with Crippen molar-refractivity contribution in [1.29, 1.82) is 0 Å². The number of hydrogen-bond acceptors (Lipinski definition) is 4. The summed E-state index contributed by atoms with van der Waals surface area (Å²) in [5.74, 6) is 2.29. The van der Waals surface area contributed by atoms with Gasteiger partial charge < -0.3 is 0 Å². The van der Waals surface area contributed by atoms with Gasteiger partial charge in [0.2, 0.25) is 0 Å². The van der Waals surface area contributed by atoms with Gasteiger partial charge >= 0.3 is 0 Å². The molecule has 0 aromatic heterocycles. The zero-order valence-electron chi connectivity index (χ0n) is 14.7. The first-order chi connectivity index (χ1) is 11.8. The molecule has 1 aliphatic rings. The van der Waals surface area contributed by atoms with Gasteiger partial charge in [0.25, 0.3) is 10.0 Å². The van der Waals surface area contributed by atoms with Crippen LogP contribution in [0.25, 0.3) is 0 Å². The van der Waals surface area contributed by atoms with E-state index in [0.717, 1.165) is 22.6 Å². The molecule has 0 amide bonds. The van der Waals surface area contributed by atoms with E-state index in [1.807, 2.05) is 47.8 Å². The maximum absolute atomic E-state index is 12.7. The monoisotopic (exact) mass is 393 g/mol. The summed E-state index contributed by atoms with van der Waals surface area (Å²) in [5.41, 5.74) is 2.89. The Morgan fingerprint density at radius 1 is 1.00 bits per heavy atom. The fraction of sp³-hybridized carbons (Fsp3) is 0.368. The van der Waals surface area contributed by atoms with Gasteiger partial charge in [-0.05, 0) is 40.8 Å². The summed E-state index contributed by atoms with van der Waals surface area (Å²) < 4.78 is 28.5. The van der Waals surface area contributed by atoms with Gasteiger partial charge in [0.1, 0.15) is 0 Å². The molecule has 0 spiro atoms. The van der Waals surface area contributed by atoms with Crippen LogP contribution in [0.15, 0.2) is 53.4 Å². The molecule has 0 unspecified atom stereocenters. The second-order valence-electron chi connectivity index (χ2n) is 7.08. The quantitative estimate of drug-likeness (QED) is 0.769. The van der Waals surface area contributed by atoms with Crippen molar-refractivity contribution < 1.29 is 8.42 Å². The van der Waals surface area contributed by atoms with E-state index in [1.54, 1.807) is 18.2 Å². The lowest BCUT2D eigenvalue weighted by Gasteiger charge is -2.19. The molecule has 25 heavy (non-hydrogen) atoms. The van der Waals surface area contributed by atoms with E-state index in [-0.39, 0.29) is 10.3 Å². The van der Waals surface area contributed by atoms with E-state index >= 15 is 0 Å². The summed E-state index contributed by atoms with van der Waals surface area (Å²) in [4.78, 5) is 0.288. The van der Waals surface area contributed by atoms with Crippen molar-refractivity contribution in [2.75, 3.05) is 16.2 Å². The predicted molar refractivity (Wildman–Crippen MR) is 110 cm³/mol. The van der Waals surface area contributed by atoms with Gasteiger partial charge in [-0.15, -0.1) is 23.5 Å². The maximum atomic E-state index is 12.7. The Balaban J connectivity index is 1.80.